The van der Waals surface area contributed by atoms with Crippen molar-refractivity contribution in [2.24, 2.45) is 5.92 Å². The van der Waals surface area contributed by atoms with Crippen LogP contribution in [0.4, 0.5) is 0 Å². The summed E-state index contributed by atoms with van der Waals surface area (Å²) in [6.45, 7) is 8.42. The van der Waals surface area contributed by atoms with Crippen molar-refractivity contribution in [3.05, 3.63) is 0 Å². The molecule has 0 spiro atoms. The molecule has 4 heteroatoms. The largest absolute Gasteiger partial charge is 0.469 e. The molecule has 4 nitrogen and oxygen atoms in total. The van der Waals surface area contributed by atoms with Crippen molar-refractivity contribution in [1.29, 1.82) is 0 Å². The van der Waals surface area contributed by atoms with E-state index in [1.165, 1.54) is 7.11 Å². The van der Waals surface area contributed by atoms with Crippen LogP contribution in [-0.4, -0.2) is 50.2 Å². The smallest absolute Gasteiger partial charge is 0.307 e. The maximum absolute atomic E-state index is 11.3. The first-order valence-corrected chi connectivity index (χ1v) is 5.66. The molecule has 0 saturated carbocycles. The first-order valence-electron chi connectivity index (χ1n) is 5.66. The maximum Gasteiger partial charge on any atom is 0.307 e. The molecule has 0 aromatic heterocycles. The molecule has 1 N–H and O–H groups in total. The predicted octanol–water partition coefficient (Wildman–Crippen LogP) is 0.479. The molecule has 0 amide bonds. The molecule has 1 saturated heterocycles. The van der Waals surface area contributed by atoms with Gasteiger partial charge in [-0.05, 0) is 5.92 Å². The zero-order valence-electron chi connectivity index (χ0n) is 9.95. The number of hydrogen-bond acceptors (Lipinski definition) is 4. The minimum atomic E-state index is -0.104. The van der Waals surface area contributed by atoms with Crippen LogP contribution in [0.1, 0.15) is 20.3 Å². The van der Waals surface area contributed by atoms with Gasteiger partial charge in [-0.2, -0.15) is 0 Å². The van der Waals surface area contributed by atoms with Crippen molar-refractivity contribution in [1.82, 2.24) is 10.2 Å². The van der Waals surface area contributed by atoms with Crippen LogP contribution in [-0.2, 0) is 9.53 Å². The lowest BCUT2D eigenvalue weighted by atomic mass is 9.98. The van der Waals surface area contributed by atoms with Crippen LogP contribution >= 0.6 is 0 Å². The fourth-order valence-corrected chi connectivity index (χ4v) is 2.05. The third-order valence-corrected chi connectivity index (χ3v) is 2.99. The summed E-state index contributed by atoms with van der Waals surface area (Å²) in [6, 6.07) is 0.319. The minimum absolute atomic E-state index is 0.104. The highest BCUT2D eigenvalue weighted by molar-refractivity contribution is 5.69. The lowest BCUT2D eigenvalue weighted by molar-refractivity contribution is -0.142. The van der Waals surface area contributed by atoms with Crippen LogP contribution in [0.5, 0.6) is 0 Å². The van der Waals surface area contributed by atoms with E-state index in [0.29, 0.717) is 18.4 Å². The fraction of sp³-hybridized carbons (Fsp3) is 0.909. The molecule has 88 valence electrons. The van der Waals surface area contributed by atoms with E-state index in [2.05, 4.69) is 24.1 Å². The lowest BCUT2D eigenvalue weighted by Gasteiger charge is -2.36. The molecular weight excluding hydrogens is 192 g/mol. The van der Waals surface area contributed by atoms with Gasteiger partial charge in [0.2, 0.25) is 0 Å². The molecule has 1 aliphatic rings. The molecule has 0 aromatic rings. The first kappa shape index (κ1) is 12.5. The number of methoxy groups -OCH3 is 1. The molecule has 1 heterocycles. The quantitative estimate of drug-likeness (QED) is 0.691. The summed E-state index contributed by atoms with van der Waals surface area (Å²) in [7, 11) is 1.46. The number of carbonyl (C=O) groups is 1. The van der Waals surface area contributed by atoms with Crippen molar-refractivity contribution in [2.75, 3.05) is 33.3 Å². The molecule has 0 radical (unpaired) electrons. The van der Waals surface area contributed by atoms with E-state index in [1.807, 2.05) is 0 Å². The third-order valence-electron chi connectivity index (χ3n) is 2.99. The average Bonchev–Trinajstić information content (AvgIpc) is 2.26. The van der Waals surface area contributed by atoms with Crippen molar-refractivity contribution in [2.45, 2.75) is 26.3 Å². The molecule has 1 unspecified atom stereocenters. The summed E-state index contributed by atoms with van der Waals surface area (Å²) < 4.78 is 4.74. The second-order valence-corrected chi connectivity index (χ2v) is 4.38. The molecule has 0 aliphatic carbocycles. The van der Waals surface area contributed by atoms with Crippen LogP contribution in [0.15, 0.2) is 0 Å². The number of carbonyl (C=O) groups excluding carboxylic acids is 1. The number of esters is 1. The Bertz CT molecular complexity index is 201. The van der Waals surface area contributed by atoms with Crippen LogP contribution in [0.25, 0.3) is 0 Å². The summed E-state index contributed by atoms with van der Waals surface area (Å²) in [5.74, 6) is 0.384. The van der Waals surface area contributed by atoms with E-state index < -0.39 is 0 Å². The molecule has 0 bridgehead atoms. The van der Waals surface area contributed by atoms with Gasteiger partial charge in [0.25, 0.3) is 0 Å². The fourth-order valence-electron chi connectivity index (χ4n) is 2.05. The standard InChI is InChI=1S/C11H22N2O2/c1-9(2)10(8-11(14)15-3)13-6-4-12-5-7-13/h9-10,12H,4-8H2,1-3H3. The summed E-state index contributed by atoms with van der Waals surface area (Å²) in [5, 5.41) is 3.32. The summed E-state index contributed by atoms with van der Waals surface area (Å²) in [6.07, 6.45) is 0.508. The van der Waals surface area contributed by atoms with Gasteiger partial charge in [0, 0.05) is 32.2 Å². The van der Waals surface area contributed by atoms with E-state index in [9.17, 15) is 4.79 Å². The highest BCUT2D eigenvalue weighted by atomic mass is 16.5. The van der Waals surface area contributed by atoms with Gasteiger partial charge in [0.15, 0.2) is 0 Å². The Morgan fingerprint density at radius 2 is 2.00 bits per heavy atom. The highest BCUT2D eigenvalue weighted by Gasteiger charge is 2.25. The lowest BCUT2D eigenvalue weighted by Crippen LogP contribution is -2.50. The number of hydrogen-bond donors (Lipinski definition) is 1. The van der Waals surface area contributed by atoms with Crippen LogP contribution in [0, 0.1) is 5.92 Å². The number of nitrogens with one attached hydrogen (secondary N) is 1. The van der Waals surface area contributed by atoms with Gasteiger partial charge in [-0.3, -0.25) is 9.69 Å². The van der Waals surface area contributed by atoms with Crippen molar-refractivity contribution >= 4 is 5.97 Å². The van der Waals surface area contributed by atoms with E-state index in [4.69, 9.17) is 4.74 Å². The molecule has 1 aliphatic heterocycles. The minimum Gasteiger partial charge on any atom is -0.469 e. The van der Waals surface area contributed by atoms with Crippen molar-refractivity contribution < 1.29 is 9.53 Å². The zero-order chi connectivity index (χ0) is 11.3. The van der Waals surface area contributed by atoms with E-state index in [1.54, 1.807) is 0 Å². The number of piperazine rings is 1. The Balaban J connectivity index is 2.51. The predicted molar refractivity (Wildman–Crippen MR) is 59.7 cm³/mol. The molecule has 15 heavy (non-hydrogen) atoms. The van der Waals surface area contributed by atoms with E-state index in [-0.39, 0.29) is 5.97 Å². The molecule has 0 aromatic carbocycles. The van der Waals surface area contributed by atoms with E-state index >= 15 is 0 Å². The Kier molecular flexibility index (Phi) is 5.05. The number of ether oxygens (including phenoxy) is 1. The number of nitrogens with zero attached hydrogens (tertiary/aromatic N) is 1. The molecular formula is C11H22N2O2. The van der Waals surface area contributed by atoms with Crippen LogP contribution in [0.2, 0.25) is 0 Å². The third kappa shape index (κ3) is 3.80. The summed E-state index contributed by atoms with van der Waals surface area (Å²) in [4.78, 5) is 13.7. The summed E-state index contributed by atoms with van der Waals surface area (Å²) in [5.41, 5.74) is 0. The topological polar surface area (TPSA) is 41.6 Å². The first-order chi connectivity index (χ1) is 7.15. The molecule has 1 rings (SSSR count). The van der Waals surface area contributed by atoms with Crippen LogP contribution in [0.3, 0.4) is 0 Å². The van der Waals surface area contributed by atoms with Gasteiger partial charge in [-0.15, -0.1) is 0 Å². The second-order valence-electron chi connectivity index (χ2n) is 4.38. The average molecular weight is 214 g/mol. The normalized spacial score (nSPS) is 20.3. The molecule has 1 atom stereocenters. The SMILES string of the molecule is COC(=O)CC(C(C)C)N1CCNCC1. The van der Waals surface area contributed by atoms with Gasteiger partial charge in [0.05, 0.1) is 13.5 Å². The number of rotatable bonds is 4. The van der Waals surface area contributed by atoms with Crippen molar-refractivity contribution in [3.63, 3.8) is 0 Å². The Hall–Kier alpha value is -0.610. The van der Waals surface area contributed by atoms with Gasteiger partial charge in [-0.1, -0.05) is 13.8 Å². The zero-order valence-corrected chi connectivity index (χ0v) is 9.95. The van der Waals surface area contributed by atoms with E-state index in [0.717, 1.165) is 26.2 Å². The van der Waals surface area contributed by atoms with Crippen LogP contribution < -0.4 is 5.32 Å². The highest BCUT2D eigenvalue weighted by Crippen LogP contribution is 2.15. The molecule has 1 fully saturated rings. The Morgan fingerprint density at radius 3 is 2.47 bits per heavy atom. The van der Waals surface area contributed by atoms with Crippen molar-refractivity contribution in [3.8, 4) is 0 Å². The summed E-state index contributed by atoms with van der Waals surface area (Å²) >= 11 is 0. The van der Waals surface area contributed by atoms with Gasteiger partial charge in [0.1, 0.15) is 0 Å². The second kappa shape index (κ2) is 6.08. The van der Waals surface area contributed by atoms with Gasteiger partial charge in [-0.25, -0.2) is 0 Å². The monoisotopic (exact) mass is 214 g/mol. The maximum atomic E-state index is 11.3. The Morgan fingerprint density at radius 1 is 1.40 bits per heavy atom. The van der Waals surface area contributed by atoms with Gasteiger partial charge >= 0.3 is 5.97 Å². The Labute approximate surface area is 92.0 Å². The van der Waals surface area contributed by atoms with Gasteiger partial charge < -0.3 is 10.1 Å².